The SMILES string of the molecule is CCOC(=O)[C@H]1C=CCCC1. The van der Waals surface area contributed by atoms with Crippen LogP contribution in [0.4, 0.5) is 0 Å². The lowest BCUT2D eigenvalue weighted by Crippen LogP contribution is -2.17. The van der Waals surface area contributed by atoms with Gasteiger partial charge in [0, 0.05) is 0 Å². The van der Waals surface area contributed by atoms with Crippen molar-refractivity contribution in [3.05, 3.63) is 12.2 Å². The van der Waals surface area contributed by atoms with Gasteiger partial charge >= 0.3 is 5.97 Å². The van der Waals surface area contributed by atoms with Gasteiger partial charge < -0.3 is 4.74 Å². The summed E-state index contributed by atoms with van der Waals surface area (Å²) in [6, 6.07) is 0. The number of hydrogen-bond donors (Lipinski definition) is 0. The van der Waals surface area contributed by atoms with Gasteiger partial charge in [0.05, 0.1) is 12.5 Å². The predicted octanol–water partition coefficient (Wildman–Crippen LogP) is 1.91. The summed E-state index contributed by atoms with van der Waals surface area (Å²) in [5.41, 5.74) is 0. The van der Waals surface area contributed by atoms with Gasteiger partial charge in [0.1, 0.15) is 0 Å². The average Bonchev–Trinajstić information content (AvgIpc) is 2.07. The normalized spacial score (nSPS) is 23.2. The number of esters is 1. The smallest absolute Gasteiger partial charge is 0.312 e. The van der Waals surface area contributed by atoms with E-state index in [1.54, 1.807) is 0 Å². The van der Waals surface area contributed by atoms with Gasteiger partial charge in [-0.25, -0.2) is 0 Å². The fourth-order valence-corrected chi connectivity index (χ4v) is 1.26. The quantitative estimate of drug-likeness (QED) is 0.448. The van der Waals surface area contributed by atoms with Crippen molar-refractivity contribution in [1.29, 1.82) is 0 Å². The van der Waals surface area contributed by atoms with Crippen LogP contribution in [0, 0.1) is 5.92 Å². The third kappa shape index (κ3) is 2.37. The average molecular weight is 154 g/mol. The summed E-state index contributed by atoms with van der Waals surface area (Å²) < 4.78 is 4.89. The maximum Gasteiger partial charge on any atom is 0.312 e. The van der Waals surface area contributed by atoms with Gasteiger partial charge in [0.2, 0.25) is 0 Å². The van der Waals surface area contributed by atoms with Gasteiger partial charge in [0.25, 0.3) is 0 Å². The number of carbonyl (C=O) groups excluding carboxylic acids is 1. The predicted molar refractivity (Wildman–Crippen MR) is 43.1 cm³/mol. The first kappa shape index (κ1) is 8.31. The first-order chi connectivity index (χ1) is 5.34. The maximum atomic E-state index is 11.1. The van der Waals surface area contributed by atoms with Crippen LogP contribution in [-0.4, -0.2) is 12.6 Å². The van der Waals surface area contributed by atoms with Crippen LogP contribution < -0.4 is 0 Å². The molecule has 62 valence electrons. The van der Waals surface area contributed by atoms with E-state index in [0.29, 0.717) is 6.61 Å². The maximum absolute atomic E-state index is 11.1. The third-order valence-electron chi connectivity index (χ3n) is 1.84. The molecule has 1 atom stereocenters. The molecular formula is C9H14O2. The van der Waals surface area contributed by atoms with Crippen LogP contribution >= 0.6 is 0 Å². The molecule has 0 heterocycles. The highest BCUT2D eigenvalue weighted by Crippen LogP contribution is 2.17. The second kappa shape index (κ2) is 4.16. The first-order valence-corrected chi connectivity index (χ1v) is 4.18. The van der Waals surface area contributed by atoms with Gasteiger partial charge in [0.15, 0.2) is 0 Å². The van der Waals surface area contributed by atoms with Crippen molar-refractivity contribution in [3.8, 4) is 0 Å². The van der Waals surface area contributed by atoms with Gasteiger partial charge in [-0.1, -0.05) is 12.2 Å². The Balaban J connectivity index is 2.39. The van der Waals surface area contributed by atoms with Crippen molar-refractivity contribution in [2.75, 3.05) is 6.61 Å². The monoisotopic (exact) mass is 154 g/mol. The molecule has 0 saturated heterocycles. The topological polar surface area (TPSA) is 26.3 Å². The molecule has 0 aliphatic heterocycles. The second-order valence-corrected chi connectivity index (χ2v) is 2.72. The molecule has 0 spiro atoms. The molecule has 0 aromatic carbocycles. The van der Waals surface area contributed by atoms with Gasteiger partial charge in [-0.15, -0.1) is 0 Å². The summed E-state index contributed by atoms with van der Waals surface area (Å²) in [6.07, 6.45) is 7.19. The summed E-state index contributed by atoms with van der Waals surface area (Å²) in [5, 5.41) is 0. The Morgan fingerprint density at radius 1 is 1.73 bits per heavy atom. The van der Waals surface area contributed by atoms with Crippen LogP contribution in [0.3, 0.4) is 0 Å². The zero-order valence-corrected chi connectivity index (χ0v) is 6.88. The Morgan fingerprint density at radius 3 is 3.09 bits per heavy atom. The molecule has 1 rings (SSSR count). The Labute approximate surface area is 67.2 Å². The number of rotatable bonds is 2. The standard InChI is InChI=1S/C9H14O2/c1-2-11-9(10)8-6-4-3-5-7-8/h4,6,8H,2-3,5,7H2,1H3/t8-/m0/s1. The minimum atomic E-state index is -0.0662. The van der Waals surface area contributed by atoms with E-state index in [2.05, 4.69) is 6.08 Å². The lowest BCUT2D eigenvalue weighted by atomic mass is 9.96. The van der Waals surface area contributed by atoms with Gasteiger partial charge in [-0.3, -0.25) is 4.79 Å². The molecule has 2 nitrogen and oxygen atoms in total. The summed E-state index contributed by atoms with van der Waals surface area (Å²) >= 11 is 0. The minimum absolute atomic E-state index is 0.0312. The largest absolute Gasteiger partial charge is 0.466 e. The van der Waals surface area contributed by atoms with Crippen LogP contribution in [0.2, 0.25) is 0 Å². The molecule has 1 aliphatic carbocycles. The van der Waals surface area contributed by atoms with E-state index in [1.165, 1.54) is 0 Å². The molecule has 0 saturated carbocycles. The van der Waals surface area contributed by atoms with Gasteiger partial charge in [-0.05, 0) is 26.2 Å². The minimum Gasteiger partial charge on any atom is -0.466 e. The van der Waals surface area contributed by atoms with E-state index in [1.807, 2.05) is 13.0 Å². The molecule has 0 aromatic heterocycles. The van der Waals surface area contributed by atoms with Gasteiger partial charge in [-0.2, -0.15) is 0 Å². The van der Waals surface area contributed by atoms with Crippen molar-refractivity contribution >= 4 is 5.97 Å². The zero-order chi connectivity index (χ0) is 8.10. The third-order valence-corrected chi connectivity index (χ3v) is 1.84. The van der Waals surface area contributed by atoms with E-state index >= 15 is 0 Å². The van der Waals surface area contributed by atoms with Crippen molar-refractivity contribution in [3.63, 3.8) is 0 Å². The van der Waals surface area contributed by atoms with Crippen molar-refractivity contribution in [1.82, 2.24) is 0 Å². The molecule has 2 heteroatoms. The molecule has 1 aliphatic rings. The molecule has 0 bridgehead atoms. The lowest BCUT2D eigenvalue weighted by molar-refractivity contribution is -0.146. The van der Waals surface area contributed by atoms with Crippen LogP contribution in [0.5, 0.6) is 0 Å². The fraction of sp³-hybridized carbons (Fsp3) is 0.667. The summed E-state index contributed by atoms with van der Waals surface area (Å²) in [6.45, 7) is 2.33. The Bertz CT molecular complexity index is 161. The zero-order valence-electron chi connectivity index (χ0n) is 6.88. The molecule has 0 amide bonds. The van der Waals surface area contributed by atoms with E-state index in [4.69, 9.17) is 4.74 Å². The molecule has 0 N–H and O–H groups in total. The molecule has 0 unspecified atom stereocenters. The highest BCUT2D eigenvalue weighted by atomic mass is 16.5. The molecule has 11 heavy (non-hydrogen) atoms. The number of carbonyl (C=O) groups is 1. The lowest BCUT2D eigenvalue weighted by Gasteiger charge is -2.13. The van der Waals surface area contributed by atoms with E-state index in [-0.39, 0.29) is 11.9 Å². The highest BCUT2D eigenvalue weighted by molar-refractivity contribution is 5.74. The fourth-order valence-electron chi connectivity index (χ4n) is 1.26. The van der Waals surface area contributed by atoms with Crippen molar-refractivity contribution in [2.24, 2.45) is 5.92 Å². The summed E-state index contributed by atoms with van der Waals surface area (Å²) in [7, 11) is 0. The van der Waals surface area contributed by atoms with E-state index in [9.17, 15) is 4.79 Å². The number of hydrogen-bond acceptors (Lipinski definition) is 2. The Morgan fingerprint density at radius 2 is 2.55 bits per heavy atom. The second-order valence-electron chi connectivity index (χ2n) is 2.72. The first-order valence-electron chi connectivity index (χ1n) is 4.18. The molecule has 0 radical (unpaired) electrons. The summed E-state index contributed by atoms with van der Waals surface area (Å²) in [4.78, 5) is 11.1. The number of allylic oxidation sites excluding steroid dienone is 1. The highest BCUT2D eigenvalue weighted by Gasteiger charge is 2.17. The van der Waals surface area contributed by atoms with Crippen LogP contribution in [0.1, 0.15) is 26.2 Å². The van der Waals surface area contributed by atoms with Crippen LogP contribution in [0.25, 0.3) is 0 Å². The van der Waals surface area contributed by atoms with E-state index < -0.39 is 0 Å². The molecule has 0 fully saturated rings. The van der Waals surface area contributed by atoms with Crippen LogP contribution in [-0.2, 0) is 9.53 Å². The van der Waals surface area contributed by atoms with Crippen LogP contribution in [0.15, 0.2) is 12.2 Å². The summed E-state index contributed by atoms with van der Waals surface area (Å²) in [5.74, 6) is -0.0350. The van der Waals surface area contributed by atoms with E-state index in [0.717, 1.165) is 19.3 Å². The number of ether oxygens (including phenoxy) is 1. The molecular weight excluding hydrogens is 140 g/mol. The molecule has 0 aromatic rings. The van der Waals surface area contributed by atoms with Crippen molar-refractivity contribution < 1.29 is 9.53 Å². The Kier molecular flexibility index (Phi) is 3.14. The Hall–Kier alpha value is -0.790. The van der Waals surface area contributed by atoms with Crippen molar-refractivity contribution in [2.45, 2.75) is 26.2 Å².